The highest BCUT2D eigenvalue weighted by Gasteiger charge is 2.34. The first-order chi connectivity index (χ1) is 17.4. The first kappa shape index (κ1) is 27.1. The van der Waals surface area contributed by atoms with Crippen LogP contribution in [-0.2, 0) is 0 Å². The summed E-state index contributed by atoms with van der Waals surface area (Å²) in [7, 11) is 1.61. The maximum absolute atomic E-state index is 13.8. The monoisotopic (exact) mass is 532 g/mol. The van der Waals surface area contributed by atoms with Gasteiger partial charge in [-0.2, -0.15) is 0 Å². The van der Waals surface area contributed by atoms with Gasteiger partial charge in [-0.1, -0.05) is 23.7 Å². The van der Waals surface area contributed by atoms with Crippen LogP contribution in [0.1, 0.15) is 43.8 Å². The van der Waals surface area contributed by atoms with Crippen molar-refractivity contribution in [1.82, 2.24) is 9.88 Å². The zero-order valence-electron chi connectivity index (χ0n) is 20.6. The first-order valence-electron chi connectivity index (χ1n) is 12.5. The molecule has 0 radical (unpaired) electrons. The second-order valence-corrected chi connectivity index (χ2v) is 11.1. The third-order valence-corrected chi connectivity index (χ3v) is 8.75. The van der Waals surface area contributed by atoms with Gasteiger partial charge in [-0.15, -0.1) is 11.8 Å². The molecule has 2 aromatic carbocycles. The summed E-state index contributed by atoms with van der Waals surface area (Å²) in [6.07, 6.45) is 4.80. The van der Waals surface area contributed by atoms with E-state index >= 15 is 0 Å². The van der Waals surface area contributed by atoms with E-state index in [0.717, 1.165) is 55.6 Å². The van der Waals surface area contributed by atoms with Gasteiger partial charge in [0.05, 0.1) is 23.8 Å². The first-order valence-corrected chi connectivity index (χ1v) is 13.8. The van der Waals surface area contributed by atoms with Gasteiger partial charge in [0, 0.05) is 28.6 Å². The molecule has 0 bridgehead atoms. The number of nitrogens with zero attached hydrogens (tertiary/aromatic N) is 2. The maximum atomic E-state index is 13.8. The second kappa shape index (κ2) is 12.6. The largest absolute Gasteiger partial charge is 0.497 e. The molecule has 0 saturated carbocycles. The Kier molecular flexibility index (Phi) is 9.47. The molecule has 8 heteroatoms. The summed E-state index contributed by atoms with van der Waals surface area (Å²) < 4.78 is 19.1. The summed E-state index contributed by atoms with van der Waals surface area (Å²) in [5.41, 5.74) is 1.22. The Balaban J connectivity index is 1.30. The molecule has 1 atom stereocenters. The van der Waals surface area contributed by atoms with Crippen LogP contribution < -0.4 is 4.74 Å². The number of thioether (sulfide) groups is 1. The van der Waals surface area contributed by atoms with Gasteiger partial charge in [0.15, 0.2) is 0 Å². The minimum Gasteiger partial charge on any atom is -0.497 e. The van der Waals surface area contributed by atoms with Crippen LogP contribution in [0.2, 0.25) is 5.02 Å². The highest BCUT2D eigenvalue weighted by molar-refractivity contribution is 7.99. The number of aliphatic hydroxyl groups is 2. The van der Waals surface area contributed by atoms with Gasteiger partial charge >= 0.3 is 0 Å². The maximum Gasteiger partial charge on any atom is 0.136 e. The van der Waals surface area contributed by atoms with Crippen molar-refractivity contribution in [3.63, 3.8) is 0 Å². The average Bonchev–Trinajstić information content (AvgIpc) is 2.91. The number of halogens is 2. The Labute approximate surface area is 221 Å². The summed E-state index contributed by atoms with van der Waals surface area (Å²) in [5, 5.41) is 22.6. The van der Waals surface area contributed by atoms with Crippen molar-refractivity contribution in [1.29, 1.82) is 0 Å². The molecule has 2 heterocycles. The number of methoxy groups -OCH3 is 1. The van der Waals surface area contributed by atoms with Crippen LogP contribution in [0.5, 0.6) is 5.75 Å². The lowest BCUT2D eigenvalue weighted by Gasteiger charge is -2.41. The SMILES string of the molecule is COc1ccc2ncc(Cl)c(C(O)CCC3(CO)CCN(CCCSc4ccccc4F)CC3)c2c1. The Bertz CT molecular complexity index is 1160. The van der Waals surface area contributed by atoms with Gasteiger partial charge in [0.1, 0.15) is 11.6 Å². The minimum absolute atomic E-state index is 0.106. The summed E-state index contributed by atoms with van der Waals surface area (Å²) in [5.74, 6) is 1.40. The number of likely N-dealkylation sites (tertiary alicyclic amines) is 1. The number of fused-ring (bicyclic) bond motifs is 1. The highest BCUT2D eigenvalue weighted by Crippen LogP contribution is 2.40. The van der Waals surface area contributed by atoms with Crippen molar-refractivity contribution in [2.45, 2.75) is 43.1 Å². The van der Waals surface area contributed by atoms with Crippen LogP contribution in [0.4, 0.5) is 4.39 Å². The van der Waals surface area contributed by atoms with E-state index in [9.17, 15) is 14.6 Å². The number of piperidine rings is 1. The normalized spacial score (nSPS) is 16.8. The molecule has 1 unspecified atom stereocenters. The van der Waals surface area contributed by atoms with Crippen LogP contribution in [0.25, 0.3) is 10.9 Å². The Hall–Kier alpha value is -1.90. The number of pyridine rings is 1. The number of rotatable bonds is 11. The molecule has 3 aromatic rings. The van der Waals surface area contributed by atoms with E-state index in [-0.39, 0.29) is 17.8 Å². The Morgan fingerprint density at radius 3 is 2.72 bits per heavy atom. The van der Waals surface area contributed by atoms with Crippen molar-refractivity contribution in [2.24, 2.45) is 5.41 Å². The molecule has 1 fully saturated rings. The number of aliphatic hydroxyl groups excluding tert-OH is 2. The molecule has 0 spiro atoms. The molecule has 1 aromatic heterocycles. The van der Waals surface area contributed by atoms with Crippen LogP contribution >= 0.6 is 23.4 Å². The van der Waals surface area contributed by atoms with E-state index in [4.69, 9.17) is 16.3 Å². The second-order valence-electron chi connectivity index (χ2n) is 9.59. The lowest BCUT2D eigenvalue weighted by Crippen LogP contribution is -2.42. The van der Waals surface area contributed by atoms with Crippen LogP contribution in [0.15, 0.2) is 53.6 Å². The van der Waals surface area contributed by atoms with Gasteiger partial charge in [-0.3, -0.25) is 4.98 Å². The van der Waals surface area contributed by atoms with Gasteiger partial charge in [-0.05, 0) is 93.2 Å². The van der Waals surface area contributed by atoms with E-state index in [2.05, 4.69) is 9.88 Å². The molecule has 194 valence electrons. The third kappa shape index (κ3) is 6.50. The predicted octanol–water partition coefficient (Wildman–Crippen LogP) is 6.11. The molecule has 1 aliphatic heterocycles. The van der Waals surface area contributed by atoms with Crippen molar-refractivity contribution in [2.75, 3.05) is 39.1 Å². The van der Waals surface area contributed by atoms with Crippen LogP contribution in [0.3, 0.4) is 0 Å². The number of benzene rings is 2. The Morgan fingerprint density at radius 2 is 2.00 bits per heavy atom. The number of hydrogen-bond donors (Lipinski definition) is 2. The van der Waals surface area contributed by atoms with E-state index in [1.54, 1.807) is 31.1 Å². The van der Waals surface area contributed by atoms with Crippen molar-refractivity contribution >= 4 is 34.3 Å². The quantitative estimate of drug-likeness (QED) is 0.229. The summed E-state index contributed by atoms with van der Waals surface area (Å²) in [6, 6.07) is 12.5. The van der Waals surface area contributed by atoms with Crippen molar-refractivity contribution in [3.05, 3.63) is 65.1 Å². The summed E-state index contributed by atoms with van der Waals surface area (Å²) in [4.78, 5) is 7.50. The third-order valence-electron chi connectivity index (χ3n) is 7.31. The minimum atomic E-state index is -0.757. The van der Waals surface area contributed by atoms with E-state index in [1.165, 1.54) is 6.07 Å². The smallest absolute Gasteiger partial charge is 0.136 e. The molecule has 36 heavy (non-hydrogen) atoms. The standard InChI is InChI=1S/C28H34ClFN2O3S/c1-35-20-7-8-24-21(17-20)27(22(29)18-31-24)25(34)9-10-28(19-33)11-14-32(15-12-28)13-4-16-36-26-6-3-2-5-23(26)30/h2-3,5-8,17-18,25,33-34H,4,9-16,19H2,1H3. The lowest BCUT2D eigenvalue weighted by atomic mass is 9.74. The average molecular weight is 533 g/mol. The number of aromatic nitrogens is 1. The molecular formula is C28H34ClFN2O3S. The fraction of sp³-hybridized carbons (Fsp3) is 0.464. The fourth-order valence-corrected chi connectivity index (χ4v) is 6.14. The Morgan fingerprint density at radius 1 is 1.22 bits per heavy atom. The molecule has 5 nitrogen and oxygen atoms in total. The van der Waals surface area contributed by atoms with Gasteiger partial charge in [0.2, 0.25) is 0 Å². The molecule has 0 aliphatic carbocycles. The molecular weight excluding hydrogens is 499 g/mol. The lowest BCUT2D eigenvalue weighted by molar-refractivity contribution is 0.0238. The van der Waals surface area contributed by atoms with Crippen molar-refractivity contribution in [3.8, 4) is 5.75 Å². The van der Waals surface area contributed by atoms with E-state index in [1.807, 2.05) is 30.3 Å². The number of hydrogen-bond acceptors (Lipinski definition) is 6. The highest BCUT2D eigenvalue weighted by atomic mass is 35.5. The zero-order chi connectivity index (χ0) is 25.5. The van der Waals surface area contributed by atoms with Crippen LogP contribution in [0, 0.1) is 11.2 Å². The topological polar surface area (TPSA) is 65.8 Å². The summed E-state index contributed by atoms with van der Waals surface area (Å²) >= 11 is 8.03. The summed E-state index contributed by atoms with van der Waals surface area (Å²) in [6.45, 7) is 2.90. The van der Waals surface area contributed by atoms with E-state index < -0.39 is 6.10 Å². The van der Waals surface area contributed by atoms with Crippen molar-refractivity contribution < 1.29 is 19.3 Å². The van der Waals surface area contributed by atoms with Gasteiger partial charge in [0.25, 0.3) is 0 Å². The molecule has 0 amide bonds. The molecule has 4 rings (SSSR count). The van der Waals surface area contributed by atoms with Gasteiger partial charge < -0.3 is 19.8 Å². The van der Waals surface area contributed by atoms with Crippen LogP contribution in [-0.4, -0.2) is 59.2 Å². The zero-order valence-corrected chi connectivity index (χ0v) is 22.2. The number of ether oxygens (including phenoxy) is 1. The molecule has 2 N–H and O–H groups in total. The van der Waals surface area contributed by atoms with Gasteiger partial charge in [-0.25, -0.2) is 4.39 Å². The fourth-order valence-electron chi connectivity index (χ4n) is 4.99. The molecule has 1 saturated heterocycles. The van der Waals surface area contributed by atoms with E-state index in [0.29, 0.717) is 34.1 Å². The predicted molar refractivity (Wildman–Crippen MR) is 144 cm³/mol. The molecule has 1 aliphatic rings.